The number of carbonyl (C=O) groups is 1. The predicted octanol–water partition coefficient (Wildman–Crippen LogP) is 3.42. The van der Waals surface area contributed by atoms with Gasteiger partial charge in [-0.05, 0) is 30.9 Å². The van der Waals surface area contributed by atoms with Gasteiger partial charge in [0.25, 0.3) is 0 Å². The molecule has 1 saturated heterocycles. The van der Waals surface area contributed by atoms with Crippen LogP contribution in [0, 0.1) is 12.8 Å². The van der Waals surface area contributed by atoms with Crippen LogP contribution in [0.25, 0.3) is 0 Å². The number of nitrogens with zero attached hydrogens (tertiary/aromatic N) is 1. The number of hydrogen-bond acceptors (Lipinski definition) is 3. The minimum absolute atomic E-state index is 0.0248. The van der Waals surface area contributed by atoms with Gasteiger partial charge in [-0.15, -0.1) is 0 Å². The summed E-state index contributed by atoms with van der Waals surface area (Å²) < 4.78 is 26.9. The van der Waals surface area contributed by atoms with Gasteiger partial charge in [0.05, 0.1) is 5.75 Å². The van der Waals surface area contributed by atoms with Crippen molar-refractivity contribution in [3.63, 3.8) is 0 Å². The van der Waals surface area contributed by atoms with Crippen LogP contribution in [-0.2, 0) is 15.8 Å². The van der Waals surface area contributed by atoms with Crippen molar-refractivity contribution in [2.75, 3.05) is 13.1 Å². The smallest absolute Gasteiger partial charge is 0.218 e. The Bertz CT molecular complexity index is 838. The van der Waals surface area contributed by atoms with Crippen LogP contribution in [0.2, 0.25) is 0 Å². The molecule has 0 aromatic heterocycles. The Morgan fingerprint density at radius 2 is 1.60 bits per heavy atom. The predicted molar refractivity (Wildman–Crippen MR) is 98.9 cm³/mol. The monoisotopic (exact) mass is 357 g/mol. The first-order valence-corrected chi connectivity index (χ1v) is 10.2. The fourth-order valence-corrected chi connectivity index (χ4v) is 4.96. The summed E-state index contributed by atoms with van der Waals surface area (Å²) >= 11 is 0. The maximum atomic E-state index is 12.7. The normalized spacial score (nSPS) is 16.7. The van der Waals surface area contributed by atoms with Gasteiger partial charge in [0.1, 0.15) is 0 Å². The molecule has 0 N–H and O–H groups in total. The summed E-state index contributed by atoms with van der Waals surface area (Å²) in [6.07, 6.45) is 1.17. The molecule has 0 aliphatic carbocycles. The fourth-order valence-electron chi connectivity index (χ4n) is 3.29. The molecule has 0 saturated carbocycles. The number of rotatable bonds is 5. The molecular weight excluding hydrogens is 334 g/mol. The zero-order valence-corrected chi connectivity index (χ0v) is 15.2. The number of carbonyl (C=O) groups excluding carboxylic acids is 1. The van der Waals surface area contributed by atoms with Crippen molar-refractivity contribution in [1.29, 1.82) is 0 Å². The van der Waals surface area contributed by atoms with E-state index in [1.165, 1.54) is 4.31 Å². The lowest BCUT2D eigenvalue weighted by Gasteiger charge is -2.30. The summed E-state index contributed by atoms with van der Waals surface area (Å²) in [5, 5.41) is 0. The third-order valence-electron chi connectivity index (χ3n) is 4.88. The van der Waals surface area contributed by atoms with E-state index in [0.717, 1.165) is 11.1 Å². The standard InChI is InChI=1S/C20H23NO3S/c1-16-7-5-6-10-19(16)15-25(23,24)21-13-11-18(12-14-21)20(22)17-8-3-2-4-9-17/h2-10,18H,11-15H2,1H3. The fraction of sp³-hybridized carbons (Fsp3) is 0.350. The van der Waals surface area contributed by atoms with E-state index in [1.807, 2.05) is 61.5 Å². The highest BCUT2D eigenvalue weighted by atomic mass is 32.2. The molecule has 0 spiro atoms. The first-order chi connectivity index (χ1) is 12.0. The van der Waals surface area contributed by atoms with Crippen LogP contribution in [0.3, 0.4) is 0 Å². The summed E-state index contributed by atoms with van der Waals surface area (Å²) in [6.45, 7) is 2.75. The first kappa shape index (κ1) is 17.8. The van der Waals surface area contributed by atoms with Gasteiger partial charge in [-0.2, -0.15) is 0 Å². The molecule has 1 aliphatic rings. The lowest BCUT2D eigenvalue weighted by molar-refractivity contribution is 0.0875. The average molecular weight is 357 g/mol. The molecular formula is C20H23NO3S. The Hall–Kier alpha value is -1.98. The second kappa shape index (κ2) is 7.50. The van der Waals surface area contributed by atoms with Gasteiger partial charge >= 0.3 is 0 Å². The van der Waals surface area contributed by atoms with E-state index < -0.39 is 10.0 Å². The zero-order valence-electron chi connectivity index (χ0n) is 14.4. The molecule has 2 aromatic carbocycles. The number of ketones is 1. The summed E-state index contributed by atoms with van der Waals surface area (Å²) in [6, 6.07) is 16.8. The van der Waals surface area contributed by atoms with E-state index in [-0.39, 0.29) is 17.5 Å². The molecule has 2 aromatic rings. The molecule has 1 heterocycles. The van der Waals surface area contributed by atoms with Crippen molar-refractivity contribution in [3.05, 3.63) is 71.3 Å². The number of piperidine rings is 1. The molecule has 0 amide bonds. The van der Waals surface area contributed by atoms with Gasteiger partial charge < -0.3 is 0 Å². The number of Topliss-reactive ketones (excluding diaryl/α,β-unsaturated/α-hetero) is 1. The second-order valence-corrected chi connectivity index (χ2v) is 8.56. The zero-order chi connectivity index (χ0) is 17.9. The van der Waals surface area contributed by atoms with Gasteiger partial charge in [0, 0.05) is 24.6 Å². The molecule has 4 nitrogen and oxygen atoms in total. The number of benzene rings is 2. The van der Waals surface area contributed by atoms with Gasteiger partial charge in [0.2, 0.25) is 10.0 Å². The van der Waals surface area contributed by atoms with E-state index in [1.54, 1.807) is 0 Å². The van der Waals surface area contributed by atoms with Crippen LogP contribution < -0.4 is 0 Å². The van der Waals surface area contributed by atoms with Gasteiger partial charge in [-0.25, -0.2) is 12.7 Å². The molecule has 132 valence electrons. The lowest BCUT2D eigenvalue weighted by atomic mass is 9.90. The van der Waals surface area contributed by atoms with E-state index in [0.29, 0.717) is 31.5 Å². The Labute approximate surface area is 149 Å². The number of hydrogen-bond donors (Lipinski definition) is 0. The lowest BCUT2D eigenvalue weighted by Crippen LogP contribution is -2.40. The van der Waals surface area contributed by atoms with Crippen molar-refractivity contribution in [2.24, 2.45) is 5.92 Å². The molecule has 0 unspecified atom stereocenters. The van der Waals surface area contributed by atoms with Gasteiger partial charge in [0.15, 0.2) is 5.78 Å². The summed E-state index contributed by atoms with van der Waals surface area (Å²) in [7, 11) is -3.35. The van der Waals surface area contributed by atoms with E-state index in [4.69, 9.17) is 0 Å². The largest absolute Gasteiger partial charge is 0.294 e. The molecule has 0 bridgehead atoms. The summed E-state index contributed by atoms with van der Waals surface area (Å²) in [4.78, 5) is 12.5. The Kier molecular flexibility index (Phi) is 5.35. The van der Waals surface area contributed by atoms with E-state index in [9.17, 15) is 13.2 Å². The van der Waals surface area contributed by atoms with Gasteiger partial charge in [-0.3, -0.25) is 4.79 Å². The van der Waals surface area contributed by atoms with Crippen LogP contribution in [0.1, 0.15) is 34.3 Å². The second-order valence-electron chi connectivity index (χ2n) is 6.59. The third-order valence-corrected chi connectivity index (χ3v) is 6.70. The maximum Gasteiger partial charge on any atom is 0.218 e. The van der Waals surface area contributed by atoms with E-state index >= 15 is 0 Å². The summed E-state index contributed by atoms with van der Waals surface area (Å²) in [5.74, 6) is 0.0561. The minimum Gasteiger partial charge on any atom is -0.294 e. The quantitative estimate of drug-likeness (QED) is 0.771. The minimum atomic E-state index is -3.35. The maximum absolute atomic E-state index is 12.7. The highest BCUT2D eigenvalue weighted by molar-refractivity contribution is 7.88. The molecule has 5 heteroatoms. The SMILES string of the molecule is Cc1ccccc1CS(=O)(=O)N1CCC(C(=O)c2ccccc2)CC1. The highest BCUT2D eigenvalue weighted by Crippen LogP contribution is 2.25. The third kappa shape index (κ3) is 4.17. The van der Waals surface area contributed by atoms with Crippen molar-refractivity contribution < 1.29 is 13.2 Å². The molecule has 1 fully saturated rings. The van der Waals surface area contributed by atoms with Crippen molar-refractivity contribution in [1.82, 2.24) is 4.31 Å². The molecule has 0 atom stereocenters. The molecule has 3 rings (SSSR count). The topological polar surface area (TPSA) is 54.5 Å². The summed E-state index contributed by atoms with van der Waals surface area (Å²) in [5.41, 5.74) is 2.54. The van der Waals surface area contributed by atoms with Crippen molar-refractivity contribution in [2.45, 2.75) is 25.5 Å². The van der Waals surface area contributed by atoms with Crippen LogP contribution in [-0.4, -0.2) is 31.6 Å². The average Bonchev–Trinajstić information content (AvgIpc) is 2.64. The van der Waals surface area contributed by atoms with Crippen LogP contribution in [0.15, 0.2) is 54.6 Å². The van der Waals surface area contributed by atoms with Crippen molar-refractivity contribution >= 4 is 15.8 Å². The van der Waals surface area contributed by atoms with Crippen molar-refractivity contribution in [3.8, 4) is 0 Å². The van der Waals surface area contributed by atoms with Crippen LogP contribution in [0.5, 0.6) is 0 Å². The van der Waals surface area contributed by atoms with E-state index in [2.05, 4.69) is 0 Å². The number of sulfonamides is 1. The van der Waals surface area contributed by atoms with Crippen LogP contribution >= 0.6 is 0 Å². The Morgan fingerprint density at radius 3 is 2.24 bits per heavy atom. The van der Waals surface area contributed by atoms with Gasteiger partial charge in [-0.1, -0.05) is 54.6 Å². The highest BCUT2D eigenvalue weighted by Gasteiger charge is 2.31. The Balaban J connectivity index is 1.63. The Morgan fingerprint density at radius 1 is 1.00 bits per heavy atom. The molecule has 1 aliphatic heterocycles. The molecule has 25 heavy (non-hydrogen) atoms. The molecule has 0 radical (unpaired) electrons. The first-order valence-electron chi connectivity index (χ1n) is 8.59. The number of aryl methyl sites for hydroxylation is 1. The van der Waals surface area contributed by atoms with Crippen LogP contribution in [0.4, 0.5) is 0 Å².